The SMILES string of the molecule is Cc1cccc(NC(=S)NC[C@@H]2CCCN(C)C2)c1C. The van der Waals surface area contributed by atoms with Gasteiger partial charge < -0.3 is 15.5 Å². The minimum atomic E-state index is 0.701. The first-order valence-electron chi connectivity index (χ1n) is 7.36. The van der Waals surface area contributed by atoms with Crippen molar-refractivity contribution in [1.29, 1.82) is 0 Å². The highest BCUT2D eigenvalue weighted by molar-refractivity contribution is 7.80. The van der Waals surface area contributed by atoms with Gasteiger partial charge in [0.1, 0.15) is 0 Å². The quantitative estimate of drug-likeness (QED) is 0.837. The van der Waals surface area contributed by atoms with E-state index >= 15 is 0 Å². The highest BCUT2D eigenvalue weighted by atomic mass is 32.1. The number of rotatable bonds is 3. The molecule has 0 bridgehead atoms. The summed E-state index contributed by atoms with van der Waals surface area (Å²) in [6, 6.07) is 6.25. The molecule has 20 heavy (non-hydrogen) atoms. The third kappa shape index (κ3) is 4.18. The lowest BCUT2D eigenvalue weighted by Crippen LogP contribution is -2.40. The number of hydrogen-bond acceptors (Lipinski definition) is 2. The van der Waals surface area contributed by atoms with Crippen molar-refractivity contribution in [3.63, 3.8) is 0 Å². The largest absolute Gasteiger partial charge is 0.362 e. The summed E-state index contributed by atoms with van der Waals surface area (Å²) in [5.74, 6) is 0.701. The zero-order chi connectivity index (χ0) is 14.5. The second kappa shape index (κ2) is 7.04. The summed E-state index contributed by atoms with van der Waals surface area (Å²) in [6.45, 7) is 7.59. The van der Waals surface area contributed by atoms with Gasteiger partial charge in [0, 0.05) is 18.8 Å². The molecule has 0 aliphatic carbocycles. The first-order valence-corrected chi connectivity index (χ1v) is 7.76. The molecule has 0 unspecified atom stereocenters. The van der Waals surface area contributed by atoms with Gasteiger partial charge >= 0.3 is 0 Å². The van der Waals surface area contributed by atoms with Gasteiger partial charge in [-0.2, -0.15) is 0 Å². The van der Waals surface area contributed by atoms with Gasteiger partial charge in [-0.1, -0.05) is 12.1 Å². The predicted molar refractivity (Wildman–Crippen MR) is 90.4 cm³/mol. The fourth-order valence-electron chi connectivity index (χ4n) is 2.73. The molecule has 4 heteroatoms. The summed E-state index contributed by atoms with van der Waals surface area (Å²) in [4.78, 5) is 2.40. The zero-order valence-electron chi connectivity index (χ0n) is 12.7. The van der Waals surface area contributed by atoms with Crippen LogP contribution in [0.25, 0.3) is 0 Å². The topological polar surface area (TPSA) is 27.3 Å². The van der Waals surface area contributed by atoms with Crippen molar-refractivity contribution in [1.82, 2.24) is 10.2 Å². The van der Waals surface area contributed by atoms with Crippen molar-refractivity contribution in [3.8, 4) is 0 Å². The van der Waals surface area contributed by atoms with Crippen molar-refractivity contribution in [3.05, 3.63) is 29.3 Å². The second-order valence-corrected chi connectivity index (χ2v) is 6.26. The molecule has 2 N–H and O–H groups in total. The number of hydrogen-bond donors (Lipinski definition) is 2. The van der Waals surface area contributed by atoms with Crippen molar-refractivity contribution in [2.75, 3.05) is 32.0 Å². The highest BCUT2D eigenvalue weighted by Gasteiger charge is 2.17. The van der Waals surface area contributed by atoms with E-state index in [9.17, 15) is 0 Å². The van der Waals surface area contributed by atoms with Gasteiger partial charge in [0.25, 0.3) is 0 Å². The van der Waals surface area contributed by atoms with E-state index in [-0.39, 0.29) is 0 Å². The van der Waals surface area contributed by atoms with Crippen LogP contribution in [-0.2, 0) is 0 Å². The maximum absolute atomic E-state index is 5.40. The molecule has 1 heterocycles. The van der Waals surface area contributed by atoms with E-state index < -0.39 is 0 Å². The Morgan fingerprint density at radius 2 is 2.20 bits per heavy atom. The van der Waals surface area contributed by atoms with Crippen LogP contribution in [0, 0.1) is 19.8 Å². The number of nitrogens with zero attached hydrogens (tertiary/aromatic N) is 1. The molecule has 1 aliphatic heterocycles. The molecule has 1 aliphatic rings. The van der Waals surface area contributed by atoms with Gasteiger partial charge in [-0.05, 0) is 75.6 Å². The summed E-state index contributed by atoms with van der Waals surface area (Å²) in [6.07, 6.45) is 2.59. The van der Waals surface area contributed by atoms with Crippen LogP contribution < -0.4 is 10.6 Å². The minimum absolute atomic E-state index is 0.701. The number of benzene rings is 1. The van der Waals surface area contributed by atoms with Crippen LogP contribution in [0.15, 0.2) is 18.2 Å². The maximum atomic E-state index is 5.40. The standard InChI is InChI=1S/C16H25N3S/c1-12-6-4-8-15(13(12)2)18-16(20)17-10-14-7-5-9-19(3)11-14/h4,6,8,14H,5,7,9-11H2,1-3H3,(H2,17,18,20)/t14-/m0/s1. The fraction of sp³-hybridized carbons (Fsp3) is 0.562. The van der Waals surface area contributed by atoms with Gasteiger partial charge in [-0.25, -0.2) is 0 Å². The van der Waals surface area contributed by atoms with E-state index in [2.05, 4.69) is 54.6 Å². The fourth-order valence-corrected chi connectivity index (χ4v) is 2.92. The molecule has 3 nitrogen and oxygen atoms in total. The molecule has 0 spiro atoms. The Hall–Kier alpha value is -1.13. The number of thiocarbonyl (C=S) groups is 1. The lowest BCUT2D eigenvalue weighted by Gasteiger charge is -2.30. The Morgan fingerprint density at radius 3 is 2.95 bits per heavy atom. The third-order valence-corrected chi connectivity index (χ3v) is 4.37. The molecule has 110 valence electrons. The number of likely N-dealkylation sites (tertiary alicyclic amines) is 1. The van der Waals surface area contributed by atoms with Crippen LogP contribution in [0.4, 0.5) is 5.69 Å². The van der Waals surface area contributed by atoms with E-state index in [1.165, 1.54) is 37.1 Å². The van der Waals surface area contributed by atoms with Gasteiger partial charge in [0.2, 0.25) is 0 Å². The molecule has 1 saturated heterocycles. The Balaban J connectivity index is 1.82. The lowest BCUT2D eigenvalue weighted by molar-refractivity contribution is 0.211. The van der Waals surface area contributed by atoms with E-state index in [0.29, 0.717) is 5.92 Å². The Kier molecular flexibility index (Phi) is 5.38. The average Bonchev–Trinajstić information content (AvgIpc) is 2.42. The Morgan fingerprint density at radius 1 is 1.40 bits per heavy atom. The first-order chi connectivity index (χ1) is 9.56. The highest BCUT2D eigenvalue weighted by Crippen LogP contribution is 2.18. The van der Waals surface area contributed by atoms with Crippen molar-refractivity contribution < 1.29 is 0 Å². The summed E-state index contributed by atoms with van der Waals surface area (Å²) in [5, 5.41) is 7.40. The van der Waals surface area contributed by atoms with Crippen LogP contribution >= 0.6 is 12.2 Å². The van der Waals surface area contributed by atoms with Gasteiger partial charge in [-0.3, -0.25) is 0 Å². The van der Waals surface area contributed by atoms with Crippen molar-refractivity contribution >= 4 is 23.0 Å². The molecule has 2 rings (SSSR count). The molecule has 1 fully saturated rings. The molecule has 1 aromatic carbocycles. The minimum Gasteiger partial charge on any atom is -0.362 e. The first kappa shape index (κ1) is 15.3. The molecular weight excluding hydrogens is 266 g/mol. The average molecular weight is 291 g/mol. The second-order valence-electron chi connectivity index (χ2n) is 5.85. The molecule has 0 saturated carbocycles. The number of nitrogens with one attached hydrogen (secondary N) is 2. The smallest absolute Gasteiger partial charge is 0.170 e. The zero-order valence-corrected chi connectivity index (χ0v) is 13.5. The summed E-state index contributed by atoms with van der Waals surface area (Å²) in [5.41, 5.74) is 3.64. The van der Waals surface area contributed by atoms with Gasteiger partial charge in [-0.15, -0.1) is 0 Å². The third-order valence-electron chi connectivity index (χ3n) is 4.13. The van der Waals surface area contributed by atoms with Crippen LogP contribution in [0.5, 0.6) is 0 Å². The Labute approximate surface area is 127 Å². The van der Waals surface area contributed by atoms with Crippen molar-refractivity contribution in [2.45, 2.75) is 26.7 Å². The predicted octanol–water partition coefficient (Wildman–Crippen LogP) is 2.93. The van der Waals surface area contributed by atoms with Crippen molar-refractivity contribution in [2.24, 2.45) is 5.92 Å². The maximum Gasteiger partial charge on any atom is 0.170 e. The van der Waals surface area contributed by atoms with E-state index in [1.807, 2.05) is 0 Å². The van der Waals surface area contributed by atoms with E-state index in [0.717, 1.165) is 17.3 Å². The number of aryl methyl sites for hydroxylation is 1. The molecular formula is C16H25N3S. The molecule has 0 aromatic heterocycles. The number of piperidine rings is 1. The lowest BCUT2D eigenvalue weighted by atomic mass is 9.99. The normalized spacial score (nSPS) is 19.6. The van der Waals surface area contributed by atoms with Crippen LogP contribution in [0.1, 0.15) is 24.0 Å². The molecule has 1 atom stereocenters. The summed E-state index contributed by atoms with van der Waals surface area (Å²) >= 11 is 5.40. The molecule has 0 amide bonds. The van der Waals surface area contributed by atoms with Crippen LogP contribution in [0.3, 0.4) is 0 Å². The van der Waals surface area contributed by atoms with E-state index in [4.69, 9.17) is 12.2 Å². The number of anilines is 1. The van der Waals surface area contributed by atoms with E-state index in [1.54, 1.807) is 0 Å². The molecule has 1 aromatic rings. The summed E-state index contributed by atoms with van der Waals surface area (Å²) < 4.78 is 0. The van der Waals surface area contributed by atoms with Crippen LogP contribution in [0.2, 0.25) is 0 Å². The molecule has 0 radical (unpaired) electrons. The Bertz CT molecular complexity index is 473. The van der Waals surface area contributed by atoms with Gasteiger partial charge in [0.15, 0.2) is 5.11 Å². The van der Waals surface area contributed by atoms with Crippen LogP contribution in [-0.4, -0.2) is 36.7 Å². The van der Waals surface area contributed by atoms with Gasteiger partial charge in [0.05, 0.1) is 0 Å². The summed E-state index contributed by atoms with van der Waals surface area (Å²) in [7, 11) is 2.19. The monoisotopic (exact) mass is 291 g/mol.